The summed E-state index contributed by atoms with van der Waals surface area (Å²) in [4.78, 5) is 0. The van der Waals surface area contributed by atoms with Gasteiger partial charge in [-0.1, -0.05) is 17.7 Å². The minimum Gasteiger partial charge on any atom is -0.103 e. The van der Waals surface area contributed by atoms with Crippen LogP contribution in [0.15, 0.2) is 24.3 Å². The van der Waals surface area contributed by atoms with Gasteiger partial charge >= 0.3 is 0 Å². The predicted molar refractivity (Wildman–Crippen MR) is 41.4 cm³/mol. The van der Waals surface area contributed by atoms with Crippen molar-refractivity contribution >= 4 is 0 Å². The van der Waals surface area contributed by atoms with Crippen molar-refractivity contribution in [3.63, 3.8) is 0 Å². The van der Waals surface area contributed by atoms with Gasteiger partial charge in [0.2, 0.25) is 0 Å². The molecule has 0 bridgehead atoms. The minimum absolute atomic E-state index is 1.06. The fourth-order valence-electron chi connectivity index (χ4n) is 1.28. The molecule has 1 rings (SSSR count). The van der Waals surface area contributed by atoms with Crippen LogP contribution in [-0.2, 0) is 0 Å². The Balaban J connectivity index is 2.30. The summed E-state index contributed by atoms with van der Waals surface area (Å²) in [5.74, 6) is 0. The number of hydrogen-bond donors (Lipinski definition) is 0. The van der Waals surface area contributed by atoms with Gasteiger partial charge in [-0.2, -0.15) is 0 Å². The van der Waals surface area contributed by atoms with E-state index in [0.29, 0.717) is 0 Å². The van der Waals surface area contributed by atoms with Crippen LogP contribution in [0.5, 0.6) is 0 Å². The van der Waals surface area contributed by atoms with Gasteiger partial charge in [0, 0.05) is 0 Å². The second-order valence-corrected chi connectivity index (χ2v) is 2.59. The third-order valence-electron chi connectivity index (χ3n) is 1.82. The van der Waals surface area contributed by atoms with Crippen molar-refractivity contribution < 1.29 is 0 Å². The van der Waals surface area contributed by atoms with Crippen molar-refractivity contribution in [1.82, 2.24) is 0 Å². The van der Waals surface area contributed by atoms with Gasteiger partial charge in [-0.05, 0) is 32.1 Å². The van der Waals surface area contributed by atoms with E-state index in [4.69, 9.17) is 0 Å². The molecule has 0 saturated heterocycles. The first-order valence-electron chi connectivity index (χ1n) is 3.72. The molecule has 1 aliphatic carbocycles. The summed E-state index contributed by atoms with van der Waals surface area (Å²) in [7, 11) is 0. The van der Waals surface area contributed by atoms with Crippen LogP contribution in [0, 0.1) is 0 Å². The Morgan fingerprint density at radius 3 is 2.56 bits per heavy atom. The molecule has 0 aliphatic heterocycles. The van der Waals surface area contributed by atoms with Gasteiger partial charge in [0.25, 0.3) is 0 Å². The summed E-state index contributed by atoms with van der Waals surface area (Å²) in [6.45, 7) is 3.68. The smallest absolute Gasteiger partial charge is 0.0169 e. The van der Waals surface area contributed by atoms with E-state index in [1.807, 2.05) is 6.08 Å². The SMILES string of the molecule is C=CCC=C1CCCC1. The molecule has 1 fully saturated rings. The van der Waals surface area contributed by atoms with Crippen LogP contribution >= 0.6 is 0 Å². The van der Waals surface area contributed by atoms with E-state index in [1.165, 1.54) is 25.7 Å². The highest BCUT2D eigenvalue weighted by molar-refractivity contribution is 5.07. The van der Waals surface area contributed by atoms with E-state index in [0.717, 1.165) is 6.42 Å². The third kappa shape index (κ3) is 2.05. The van der Waals surface area contributed by atoms with Crippen molar-refractivity contribution in [3.05, 3.63) is 24.3 Å². The third-order valence-corrected chi connectivity index (χ3v) is 1.82. The molecular weight excluding hydrogens is 108 g/mol. The van der Waals surface area contributed by atoms with Gasteiger partial charge in [-0.25, -0.2) is 0 Å². The zero-order valence-electron chi connectivity index (χ0n) is 5.90. The van der Waals surface area contributed by atoms with Crippen LogP contribution in [0.3, 0.4) is 0 Å². The first-order chi connectivity index (χ1) is 4.43. The lowest BCUT2D eigenvalue weighted by molar-refractivity contribution is 0.886. The van der Waals surface area contributed by atoms with E-state index >= 15 is 0 Å². The number of allylic oxidation sites excluding steroid dienone is 3. The first kappa shape index (κ1) is 6.60. The second kappa shape index (κ2) is 3.49. The molecule has 0 aromatic rings. The molecule has 0 N–H and O–H groups in total. The topological polar surface area (TPSA) is 0 Å². The Kier molecular flexibility index (Phi) is 2.56. The maximum absolute atomic E-state index is 3.68. The highest BCUT2D eigenvalue weighted by Crippen LogP contribution is 2.23. The molecule has 0 heteroatoms. The van der Waals surface area contributed by atoms with E-state index in [-0.39, 0.29) is 0 Å². The molecule has 0 unspecified atom stereocenters. The Hall–Kier alpha value is -0.520. The molecule has 1 saturated carbocycles. The summed E-state index contributed by atoms with van der Waals surface area (Å²) in [6, 6.07) is 0. The van der Waals surface area contributed by atoms with Crippen molar-refractivity contribution in [2.75, 3.05) is 0 Å². The maximum Gasteiger partial charge on any atom is -0.0169 e. The lowest BCUT2D eigenvalue weighted by Gasteiger charge is -1.90. The molecule has 9 heavy (non-hydrogen) atoms. The van der Waals surface area contributed by atoms with Crippen molar-refractivity contribution in [2.45, 2.75) is 32.1 Å². The number of rotatable bonds is 2. The van der Waals surface area contributed by atoms with Gasteiger partial charge in [0.15, 0.2) is 0 Å². The molecule has 0 aromatic heterocycles. The van der Waals surface area contributed by atoms with Crippen molar-refractivity contribution in [1.29, 1.82) is 0 Å². The van der Waals surface area contributed by atoms with Gasteiger partial charge in [0.05, 0.1) is 0 Å². The summed E-state index contributed by atoms with van der Waals surface area (Å²) in [6.07, 6.45) is 10.8. The molecule has 0 amide bonds. The largest absolute Gasteiger partial charge is 0.103 e. The standard InChI is InChI=1S/C9H14/c1-2-3-6-9-7-4-5-8-9/h2,6H,1,3-5,7-8H2. The summed E-state index contributed by atoms with van der Waals surface area (Å²) in [5.41, 5.74) is 1.65. The van der Waals surface area contributed by atoms with E-state index in [1.54, 1.807) is 5.57 Å². The van der Waals surface area contributed by atoms with Crippen LogP contribution in [0.2, 0.25) is 0 Å². The van der Waals surface area contributed by atoms with Crippen LogP contribution in [-0.4, -0.2) is 0 Å². The van der Waals surface area contributed by atoms with Gasteiger partial charge in [0.1, 0.15) is 0 Å². The lowest BCUT2D eigenvalue weighted by Crippen LogP contribution is -1.69. The van der Waals surface area contributed by atoms with Crippen molar-refractivity contribution in [2.24, 2.45) is 0 Å². The zero-order chi connectivity index (χ0) is 6.53. The first-order valence-corrected chi connectivity index (χ1v) is 3.72. The Labute approximate surface area is 57.3 Å². The van der Waals surface area contributed by atoms with Crippen LogP contribution in [0.1, 0.15) is 32.1 Å². The second-order valence-electron chi connectivity index (χ2n) is 2.59. The highest BCUT2D eigenvalue weighted by Gasteiger charge is 2.03. The van der Waals surface area contributed by atoms with Crippen LogP contribution in [0.4, 0.5) is 0 Å². The highest BCUT2D eigenvalue weighted by atomic mass is 14.1. The quantitative estimate of drug-likeness (QED) is 0.494. The lowest BCUT2D eigenvalue weighted by atomic mass is 10.2. The fourth-order valence-corrected chi connectivity index (χ4v) is 1.28. The summed E-state index contributed by atoms with van der Waals surface area (Å²) >= 11 is 0. The van der Waals surface area contributed by atoms with Crippen molar-refractivity contribution in [3.8, 4) is 0 Å². The average Bonchev–Trinajstić information content (AvgIpc) is 2.34. The zero-order valence-corrected chi connectivity index (χ0v) is 5.90. The van der Waals surface area contributed by atoms with Gasteiger partial charge in [-0.15, -0.1) is 6.58 Å². The van der Waals surface area contributed by atoms with E-state index in [2.05, 4.69) is 12.7 Å². The normalized spacial score (nSPS) is 18.0. The van der Waals surface area contributed by atoms with Crippen LogP contribution < -0.4 is 0 Å². The monoisotopic (exact) mass is 122 g/mol. The summed E-state index contributed by atoms with van der Waals surface area (Å²) < 4.78 is 0. The molecule has 0 radical (unpaired) electrons. The molecule has 0 spiro atoms. The Morgan fingerprint density at radius 1 is 1.33 bits per heavy atom. The van der Waals surface area contributed by atoms with E-state index in [9.17, 15) is 0 Å². The molecule has 0 aromatic carbocycles. The van der Waals surface area contributed by atoms with Gasteiger partial charge in [-0.3, -0.25) is 0 Å². The Bertz CT molecular complexity index is 112. The Morgan fingerprint density at radius 2 is 2.00 bits per heavy atom. The maximum atomic E-state index is 3.68. The number of hydrogen-bond acceptors (Lipinski definition) is 0. The van der Waals surface area contributed by atoms with Gasteiger partial charge < -0.3 is 0 Å². The van der Waals surface area contributed by atoms with E-state index < -0.39 is 0 Å². The molecule has 1 aliphatic rings. The molecule has 0 atom stereocenters. The molecular formula is C9H14. The summed E-state index contributed by atoms with van der Waals surface area (Å²) in [5, 5.41) is 0. The fraction of sp³-hybridized carbons (Fsp3) is 0.556. The van der Waals surface area contributed by atoms with Crippen LogP contribution in [0.25, 0.3) is 0 Å². The molecule has 50 valence electrons. The predicted octanol–water partition coefficient (Wildman–Crippen LogP) is 3.06. The average molecular weight is 122 g/mol. The molecule has 0 nitrogen and oxygen atoms in total. The molecule has 0 heterocycles. The minimum atomic E-state index is 1.06.